The standard InChI is InChI=1S/C9H8N2O6/c12-9(13)8-2-1-6(4-10(14)15)3-7(8)5-11(16)17/h1-3H,4-5H2,(H,12,13). The number of carboxylic acids is 1. The number of hydrogen-bond donors (Lipinski definition) is 1. The molecule has 8 heteroatoms. The molecule has 90 valence electrons. The van der Waals surface area contributed by atoms with Crippen molar-refractivity contribution < 1.29 is 19.7 Å². The molecule has 0 saturated carbocycles. The molecule has 0 aliphatic heterocycles. The van der Waals surface area contributed by atoms with E-state index in [9.17, 15) is 25.0 Å². The van der Waals surface area contributed by atoms with E-state index in [0.29, 0.717) is 0 Å². The van der Waals surface area contributed by atoms with E-state index < -0.39 is 28.9 Å². The van der Waals surface area contributed by atoms with Gasteiger partial charge in [0.2, 0.25) is 13.1 Å². The van der Waals surface area contributed by atoms with Crippen LogP contribution in [0.25, 0.3) is 0 Å². The molecule has 0 radical (unpaired) electrons. The van der Waals surface area contributed by atoms with E-state index in [1.54, 1.807) is 0 Å². The molecule has 0 amide bonds. The van der Waals surface area contributed by atoms with E-state index in [1.807, 2.05) is 0 Å². The Morgan fingerprint density at radius 1 is 1.18 bits per heavy atom. The van der Waals surface area contributed by atoms with Gasteiger partial charge < -0.3 is 5.11 Å². The normalized spacial score (nSPS) is 9.88. The summed E-state index contributed by atoms with van der Waals surface area (Å²) < 4.78 is 0. The molecular weight excluding hydrogens is 232 g/mol. The number of nitrogens with zero attached hydrogens (tertiary/aromatic N) is 2. The summed E-state index contributed by atoms with van der Waals surface area (Å²) in [5.41, 5.74) is -0.0208. The van der Waals surface area contributed by atoms with E-state index in [2.05, 4.69) is 0 Å². The van der Waals surface area contributed by atoms with Crippen molar-refractivity contribution in [1.82, 2.24) is 0 Å². The van der Waals surface area contributed by atoms with Gasteiger partial charge in [-0.15, -0.1) is 0 Å². The van der Waals surface area contributed by atoms with E-state index in [4.69, 9.17) is 5.11 Å². The summed E-state index contributed by atoms with van der Waals surface area (Å²) >= 11 is 0. The molecule has 0 fully saturated rings. The van der Waals surface area contributed by atoms with E-state index in [-0.39, 0.29) is 16.7 Å². The minimum atomic E-state index is -1.30. The minimum absolute atomic E-state index is 0.0400. The predicted molar refractivity (Wildman–Crippen MR) is 54.8 cm³/mol. The summed E-state index contributed by atoms with van der Waals surface area (Å²) in [4.78, 5) is 30.1. The Hall–Kier alpha value is -2.51. The fraction of sp³-hybridized carbons (Fsp3) is 0.222. The van der Waals surface area contributed by atoms with Crippen LogP contribution in [0.5, 0.6) is 0 Å². The molecule has 1 N–H and O–H groups in total. The lowest BCUT2D eigenvalue weighted by molar-refractivity contribution is -0.498. The molecule has 0 atom stereocenters. The van der Waals surface area contributed by atoms with Gasteiger partial charge in [-0.2, -0.15) is 0 Å². The lowest BCUT2D eigenvalue weighted by Gasteiger charge is -2.03. The van der Waals surface area contributed by atoms with Gasteiger partial charge in [-0.3, -0.25) is 20.2 Å². The Kier molecular flexibility index (Phi) is 3.70. The second-order valence-corrected chi connectivity index (χ2v) is 3.28. The Labute approximate surface area is 94.8 Å². The van der Waals surface area contributed by atoms with E-state index in [0.717, 1.165) is 6.07 Å². The maximum atomic E-state index is 10.8. The molecule has 0 saturated heterocycles. The number of benzene rings is 1. The van der Waals surface area contributed by atoms with Gasteiger partial charge in [0, 0.05) is 21.0 Å². The molecule has 0 spiro atoms. The lowest BCUT2D eigenvalue weighted by Crippen LogP contribution is -2.09. The summed E-state index contributed by atoms with van der Waals surface area (Å²) in [6.45, 7) is -1.17. The molecule has 0 bridgehead atoms. The van der Waals surface area contributed by atoms with Crippen LogP contribution in [0.15, 0.2) is 18.2 Å². The minimum Gasteiger partial charge on any atom is -0.478 e. The summed E-state index contributed by atoms with van der Waals surface area (Å²) in [7, 11) is 0. The van der Waals surface area contributed by atoms with Crippen LogP contribution in [-0.4, -0.2) is 20.9 Å². The van der Waals surface area contributed by atoms with E-state index >= 15 is 0 Å². The van der Waals surface area contributed by atoms with E-state index in [1.165, 1.54) is 12.1 Å². The second-order valence-electron chi connectivity index (χ2n) is 3.28. The number of rotatable bonds is 5. The van der Waals surface area contributed by atoms with Crippen molar-refractivity contribution in [2.75, 3.05) is 0 Å². The fourth-order valence-electron chi connectivity index (χ4n) is 1.37. The van der Waals surface area contributed by atoms with Crippen LogP contribution in [0, 0.1) is 20.2 Å². The van der Waals surface area contributed by atoms with Gasteiger partial charge in [0.05, 0.1) is 5.56 Å². The van der Waals surface area contributed by atoms with Gasteiger partial charge in [-0.05, 0) is 12.1 Å². The molecule has 0 heterocycles. The number of aromatic carboxylic acids is 1. The number of carboxylic acid groups (broad SMARTS) is 1. The summed E-state index contributed by atoms with van der Waals surface area (Å²) in [6, 6.07) is 3.59. The highest BCUT2D eigenvalue weighted by atomic mass is 16.6. The van der Waals surface area contributed by atoms with Gasteiger partial charge in [0.1, 0.15) is 0 Å². The highest BCUT2D eigenvalue weighted by molar-refractivity contribution is 5.89. The zero-order valence-electron chi connectivity index (χ0n) is 8.53. The second kappa shape index (κ2) is 5.01. The number of carbonyl (C=O) groups is 1. The first-order valence-electron chi connectivity index (χ1n) is 4.49. The number of hydrogen-bond acceptors (Lipinski definition) is 5. The quantitative estimate of drug-likeness (QED) is 0.603. The third kappa shape index (κ3) is 3.52. The molecule has 0 aliphatic rings. The monoisotopic (exact) mass is 240 g/mol. The molecule has 0 aliphatic carbocycles. The third-order valence-electron chi connectivity index (χ3n) is 2.01. The summed E-state index contributed by atoms with van der Waals surface area (Å²) in [5, 5.41) is 29.4. The van der Waals surface area contributed by atoms with Crippen LogP contribution in [-0.2, 0) is 13.1 Å². The Morgan fingerprint density at radius 2 is 1.76 bits per heavy atom. The average molecular weight is 240 g/mol. The molecule has 0 aromatic heterocycles. The van der Waals surface area contributed by atoms with Gasteiger partial charge in [0.15, 0.2) is 0 Å². The largest absolute Gasteiger partial charge is 0.478 e. The first-order valence-corrected chi connectivity index (χ1v) is 4.49. The van der Waals surface area contributed by atoms with Crippen molar-refractivity contribution >= 4 is 5.97 Å². The van der Waals surface area contributed by atoms with Crippen LogP contribution in [0.2, 0.25) is 0 Å². The zero-order chi connectivity index (χ0) is 13.0. The van der Waals surface area contributed by atoms with Crippen LogP contribution >= 0.6 is 0 Å². The predicted octanol–water partition coefficient (Wildman–Crippen LogP) is 0.938. The average Bonchev–Trinajstić information content (AvgIpc) is 2.15. The summed E-state index contributed by atoms with van der Waals surface area (Å²) in [5.74, 6) is -1.30. The maximum absolute atomic E-state index is 10.8. The van der Waals surface area contributed by atoms with Crippen molar-refractivity contribution in [2.45, 2.75) is 13.1 Å². The molecule has 8 nitrogen and oxygen atoms in total. The van der Waals surface area contributed by atoms with Crippen LogP contribution < -0.4 is 0 Å². The smallest absolute Gasteiger partial charge is 0.336 e. The SMILES string of the molecule is O=C(O)c1ccc(C[N+](=O)[O-])cc1C[N+](=O)[O-]. The Morgan fingerprint density at radius 3 is 2.24 bits per heavy atom. The topological polar surface area (TPSA) is 124 Å². The van der Waals surface area contributed by atoms with Crippen LogP contribution in [0.1, 0.15) is 21.5 Å². The highest BCUT2D eigenvalue weighted by Gasteiger charge is 2.16. The first-order chi connectivity index (χ1) is 7.90. The van der Waals surface area contributed by atoms with Gasteiger partial charge in [-0.25, -0.2) is 4.79 Å². The van der Waals surface area contributed by atoms with Crippen LogP contribution in [0.4, 0.5) is 0 Å². The Bertz CT molecular complexity index is 484. The van der Waals surface area contributed by atoms with Crippen molar-refractivity contribution in [1.29, 1.82) is 0 Å². The van der Waals surface area contributed by atoms with Gasteiger partial charge in [0.25, 0.3) is 0 Å². The molecule has 1 rings (SSSR count). The van der Waals surface area contributed by atoms with Gasteiger partial charge >= 0.3 is 5.97 Å². The van der Waals surface area contributed by atoms with Crippen molar-refractivity contribution in [3.05, 3.63) is 55.1 Å². The summed E-state index contributed by atoms with van der Waals surface area (Å²) in [6.07, 6.45) is 0. The molecule has 1 aromatic carbocycles. The molecule has 1 aromatic rings. The highest BCUT2D eigenvalue weighted by Crippen LogP contribution is 2.14. The lowest BCUT2D eigenvalue weighted by atomic mass is 10.0. The van der Waals surface area contributed by atoms with Crippen molar-refractivity contribution in [2.24, 2.45) is 0 Å². The molecule has 0 unspecified atom stereocenters. The number of nitro groups is 2. The molecule has 17 heavy (non-hydrogen) atoms. The maximum Gasteiger partial charge on any atom is 0.336 e. The van der Waals surface area contributed by atoms with Crippen molar-refractivity contribution in [3.63, 3.8) is 0 Å². The third-order valence-corrected chi connectivity index (χ3v) is 2.01. The first kappa shape index (κ1) is 12.6. The van der Waals surface area contributed by atoms with Crippen molar-refractivity contribution in [3.8, 4) is 0 Å². The molecular formula is C9H8N2O6. The van der Waals surface area contributed by atoms with Crippen LogP contribution in [0.3, 0.4) is 0 Å². The van der Waals surface area contributed by atoms with Gasteiger partial charge in [-0.1, -0.05) is 6.07 Å². The zero-order valence-corrected chi connectivity index (χ0v) is 8.53. The fourth-order valence-corrected chi connectivity index (χ4v) is 1.37. The Balaban J connectivity index is 3.13.